The Kier molecular flexibility index (Phi) is 4.41. The molecule has 1 saturated heterocycles. The van der Waals surface area contributed by atoms with Crippen molar-refractivity contribution in [1.29, 1.82) is 0 Å². The maximum atomic E-state index is 5.11. The fourth-order valence-electron chi connectivity index (χ4n) is 3.82. The predicted molar refractivity (Wildman–Crippen MR) is 94.4 cm³/mol. The molecule has 3 rings (SSSR count). The van der Waals surface area contributed by atoms with Gasteiger partial charge in [0.15, 0.2) is 0 Å². The van der Waals surface area contributed by atoms with Crippen LogP contribution in [-0.4, -0.2) is 22.5 Å². The summed E-state index contributed by atoms with van der Waals surface area (Å²) in [4.78, 5) is 6.67. The minimum atomic E-state index is 0.0859. The van der Waals surface area contributed by atoms with Crippen molar-refractivity contribution < 1.29 is 0 Å². The number of fused-ring (bicyclic) bond motifs is 1. The zero-order chi connectivity index (χ0) is 15.1. The van der Waals surface area contributed by atoms with Crippen molar-refractivity contribution in [3.63, 3.8) is 0 Å². The summed E-state index contributed by atoms with van der Waals surface area (Å²) in [7, 11) is 0. The summed E-state index contributed by atoms with van der Waals surface area (Å²) in [5, 5.41) is 5.27. The molecule has 0 radical (unpaired) electrons. The van der Waals surface area contributed by atoms with Crippen molar-refractivity contribution in [2.45, 2.75) is 71.4 Å². The summed E-state index contributed by atoms with van der Waals surface area (Å²) < 4.78 is 0. The van der Waals surface area contributed by atoms with Crippen LogP contribution in [0.15, 0.2) is 0 Å². The molecule has 0 bridgehead atoms. The van der Waals surface area contributed by atoms with Crippen molar-refractivity contribution in [2.24, 2.45) is 5.41 Å². The third-order valence-corrected chi connectivity index (χ3v) is 7.49. The van der Waals surface area contributed by atoms with Gasteiger partial charge in [0.05, 0.1) is 11.2 Å². The molecule has 118 valence electrons. The fraction of sp³-hybridized carbons (Fsp3) is 0.824. The van der Waals surface area contributed by atoms with Crippen LogP contribution in [0.25, 0.3) is 0 Å². The third kappa shape index (κ3) is 3.32. The van der Waals surface area contributed by atoms with Crippen molar-refractivity contribution in [2.75, 3.05) is 11.5 Å². The first-order chi connectivity index (χ1) is 9.90. The van der Waals surface area contributed by atoms with Crippen molar-refractivity contribution in [3.8, 4) is 0 Å². The summed E-state index contributed by atoms with van der Waals surface area (Å²) in [6.45, 7) is 9.34. The van der Waals surface area contributed by atoms with Gasteiger partial charge in [-0.15, -0.1) is 11.3 Å². The molecule has 0 aromatic carbocycles. The minimum absolute atomic E-state index is 0.0859. The van der Waals surface area contributed by atoms with Crippen molar-refractivity contribution >= 4 is 23.1 Å². The average Bonchev–Trinajstić information content (AvgIpc) is 2.81. The van der Waals surface area contributed by atoms with Crippen LogP contribution < -0.4 is 5.32 Å². The summed E-state index contributed by atoms with van der Waals surface area (Å²) in [5.74, 6) is 2.43. The maximum absolute atomic E-state index is 5.11. The Morgan fingerprint density at radius 3 is 2.57 bits per heavy atom. The van der Waals surface area contributed by atoms with Gasteiger partial charge in [0.25, 0.3) is 0 Å². The van der Waals surface area contributed by atoms with Crippen LogP contribution in [0.3, 0.4) is 0 Å². The molecule has 2 aliphatic rings. The first-order valence-electron chi connectivity index (χ1n) is 8.25. The first kappa shape index (κ1) is 15.8. The number of nitrogens with one attached hydrogen (secondary N) is 1. The molecule has 1 aliphatic heterocycles. The second-order valence-electron chi connectivity index (χ2n) is 7.81. The summed E-state index contributed by atoms with van der Waals surface area (Å²) in [6, 6.07) is 0.500. The van der Waals surface area contributed by atoms with Gasteiger partial charge in [0, 0.05) is 16.7 Å². The molecule has 1 aromatic heterocycles. The molecule has 21 heavy (non-hydrogen) atoms. The number of hydrogen-bond donors (Lipinski definition) is 1. The molecule has 1 atom stereocenters. The average molecular weight is 325 g/mol. The van der Waals surface area contributed by atoms with Crippen LogP contribution in [0.1, 0.15) is 62.5 Å². The van der Waals surface area contributed by atoms with E-state index < -0.39 is 0 Å². The third-order valence-electron chi connectivity index (χ3n) is 4.44. The highest BCUT2D eigenvalue weighted by Crippen LogP contribution is 2.46. The van der Waals surface area contributed by atoms with Crippen LogP contribution in [0.5, 0.6) is 0 Å². The van der Waals surface area contributed by atoms with Crippen LogP contribution in [0.2, 0.25) is 0 Å². The molecule has 0 saturated carbocycles. The Bertz CT molecular complexity index is 483. The minimum Gasteiger partial charge on any atom is -0.302 e. The lowest BCUT2D eigenvalue weighted by Crippen LogP contribution is -2.53. The molecule has 1 unspecified atom stereocenters. The molecule has 1 fully saturated rings. The number of aryl methyl sites for hydroxylation is 2. The zero-order valence-electron chi connectivity index (χ0n) is 13.8. The normalized spacial score (nSPS) is 28.6. The van der Waals surface area contributed by atoms with Gasteiger partial charge in [-0.2, -0.15) is 11.8 Å². The number of hydrogen-bond acceptors (Lipinski definition) is 4. The summed E-state index contributed by atoms with van der Waals surface area (Å²) >= 11 is 4.09. The maximum Gasteiger partial charge on any atom is 0.114 e. The van der Waals surface area contributed by atoms with Gasteiger partial charge < -0.3 is 5.32 Å². The first-order valence-corrected chi connectivity index (χ1v) is 10.2. The van der Waals surface area contributed by atoms with E-state index in [1.54, 1.807) is 4.88 Å². The lowest BCUT2D eigenvalue weighted by molar-refractivity contribution is 0.211. The highest BCUT2D eigenvalue weighted by molar-refractivity contribution is 7.99. The van der Waals surface area contributed by atoms with E-state index >= 15 is 0 Å². The Morgan fingerprint density at radius 2 is 1.90 bits per heavy atom. The fourth-order valence-corrected chi connectivity index (χ4v) is 6.64. The van der Waals surface area contributed by atoms with E-state index in [0.717, 1.165) is 0 Å². The molecule has 1 aliphatic carbocycles. The van der Waals surface area contributed by atoms with E-state index in [9.17, 15) is 0 Å². The lowest BCUT2D eigenvalue weighted by atomic mass is 9.79. The molecular formula is C17H28N2S2. The lowest BCUT2D eigenvalue weighted by Gasteiger charge is -2.45. The zero-order valence-corrected chi connectivity index (χ0v) is 15.4. The molecule has 0 amide bonds. The highest BCUT2D eigenvalue weighted by atomic mass is 32.2. The Balaban J connectivity index is 1.96. The number of nitrogens with zero attached hydrogens (tertiary/aromatic N) is 1. The quantitative estimate of drug-likeness (QED) is 0.893. The van der Waals surface area contributed by atoms with E-state index in [1.165, 1.54) is 54.3 Å². The molecule has 1 aromatic rings. The molecular weight excluding hydrogens is 296 g/mol. The van der Waals surface area contributed by atoms with Crippen LogP contribution in [0, 0.1) is 5.41 Å². The van der Waals surface area contributed by atoms with Gasteiger partial charge in [0.2, 0.25) is 0 Å². The van der Waals surface area contributed by atoms with E-state index in [-0.39, 0.29) is 5.54 Å². The molecule has 1 N–H and O–H groups in total. The van der Waals surface area contributed by atoms with E-state index in [0.29, 0.717) is 11.5 Å². The van der Waals surface area contributed by atoms with E-state index in [1.807, 2.05) is 11.3 Å². The predicted octanol–water partition coefficient (Wildman–Crippen LogP) is 4.38. The number of thioether (sulfide) groups is 1. The SMILES string of the molecule is CC(C)NC1(c2nc3c(s2)CCCC3)CSCC(C)(C)C1. The highest BCUT2D eigenvalue weighted by Gasteiger charge is 2.44. The van der Waals surface area contributed by atoms with Crippen LogP contribution in [-0.2, 0) is 18.4 Å². The van der Waals surface area contributed by atoms with E-state index in [2.05, 4.69) is 44.8 Å². The summed E-state index contributed by atoms with van der Waals surface area (Å²) in [6.07, 6.45) is 6.32. The van der Waals surface area contributed by atoms with Crippen LogP contribution >= 0.6 is 23.1 Å². The second kappa shape index (κ2) is 5.86. The van der Waals surface area contributed by atoms with Gasteiger partial charge in [-0.05, 0) is 57.1 Å². The van der Waals surface area contributed by atoms with Gasteiger partial charge in [-0.3, -0.25) is 0 Å². The molecule has 4 heteroatoms. The Labute approximate surface area is 137 Å². The van der Waals surface area contributed by atoms with Gasteiger partial charge in [0.1, 0.15) is 5.01 Å². The molecule has 2 heterocycles. The second-order valence-corrected chi connectivity index (χ2v) is 9.88. The molecule has 2 nitrogen and oxygen atoms in total. The Morgan fingerprint density at radius 1 is 1.14 bits per heavy atom. The largest absolute Gasteiger partial charge is 0.302 e. The van der Waals surface area contributed by atoms with Crippen molar-refractivity contribution in [3.05, 3.63) is 15.6 Å². The molecule has 0 spiro atoms. The number of aromatic nitrogens is 1. The Hall–Kier alpha value is -0.0600. The van der Waals surface area contributed by atoms with Gasteiger partial charge >= 0.3 is 0 Å². The van der Waals surface area contributed by atoms with E-state index in [4.69, 9.17) is 4.98 Å². The van der Waals surface area contributed by atoms with Gasteiger partial charge in [-0.1, -0.05) is 13.8 Å². The number of rotatable bonds is 3. The monoisotopic (exact) mass is 324 g/mol. The van der Waals surface area contributed by atoms with Gasteiger partial charge in [-0.25, -0.2) is 4.98 Å². The van der Waals surface area contributed by atoms with Crippen molar-refractivity contribution in [1.82, 2.24) is 10.3 Å². The topological polar surface area (TPSA) is 24.9 Å². The summed E-state index contributed by atoms with van der Waals surface area (Å²) in [5.41, 5.74) is 1.87. The van der Waals surface area contributed by atoms with Crippen LogP contribution in [0.4, 0.5) is 0 Å². The number of thiazole rings is 1. The standard InChI is InChI=1S/C17H28N2S2/c1-12(2)19-17(9-16(3,4)10-20-11-17)15-18-13-7-5-6-8-14(13)21-15/h12,19H,5-11H2,1-4H3. The smallest absolute Gasteiger partial charge is 0.114 e.